The largest absolute Gasteiger partial charge is 0.269 e. The third-order valence-corrected chi connectivity index (χ3v) is 2.69. The van der Waals surface area contributed by atoms with Gasteiger partial charge in [-0.05, 0) is 0 Å². The van der Waals surface area contributed by atoms with Gasteiger partial charge in [-0.2, -0.15) is 12.2 Å². The van der Waals surface area contributed by atoms with E-state index >= 15 is 0 Å². The Balaban J connectivity index is -0.000000233. The van der Waals surface area contributed by atoms with Crippen LogP contribution in [-0.2, 0) is 25.8 Å². The molecule has 0 saturated heterocycles. The van der Waals surface area contributed by atoms with E-state index in [1.54, 1.807) is 0 Å². The van der Waals surface area contributed by atoms with Crippen molar-refractivity contribution in [1.29, 1.82) is 0 Å². The van der Waals surface area contributed by atoms with Crippen molar-refractivity contribution < 1.29 is 35.3 Å². The van der Waals surface area contributed by atoms with Crippen molar-refractivity contribution in [2.75, 3.05) is 0 Å². The van der Waals surface area contributed by atoms with Crippen LogP contribution in [0.2, 0.25) is 0 Å². The van der Waals surface area contributed by atoms with E-state index in [4.69, 9.17) is 0 Å². The first kappa shape index (κ1) is 23.8. The fourth-order valence-corrected chi connectivity index (χ4v) is 1.64. The van der Waals surface area contributed by atoms with Crippen LogP contribution in [0.25, 0.3) is 0 Å². The van der Waals surface area contributed by atoms with Crippen molar-refractivity contribution in [3.8, 4) is 0 Å². The molecule has 0 fully saturated rings. The summed E-state index contributed by atoms with van der Waals surface area (Å²) in [6.07, 6.45) is 17.2. The molecule has 0 heterocycles. The molecule has 0 unspecified atom stereocenters. The number of allylic oxidation sites excluding steroid dienone is 8. The van der Waals surface area contributed by atoms with Crippen LogP contribution in [0.4, 0.5) is 9.41 Å². The fourth-order valence-electron chi connectivity index (χ4n) is 1.64. The number of hydrogen-bond acceptors (Lipinski definition) is 0. The summed E-state index contributed by atoms with van der Waals surface area (Å²) in [5.74, 6) is 1.32. The van der Waals surface area contributed by atoms with Crippen LogP contribution in [0.5, 0.6) is 0 Å². The summed E-state index contributed by atoms with van der Waals surface area (Å²) in [4.78, 5) is 0. The molecule has 0 nitrogen and oxygen atoms in total. The standard InChI is InChI=1S/2C8H11.2FH.Hf/c2*1-7(2)8-5-3-4-6-8;;;/h2*3,5,7H,4H2,1-2H3;2*1H;/q2*-1;;;. The van der Waals surface area contributed by atoms with Crippen LogP contribution < -0.4 is 0 Å². The average Bonchev–Trinajstić information content (AvgIpc) is 2.93. The first-order valence-corrected chi connectivity index (χ1v) is 6.15. The molecule has 19 heavy (non-hydrogen) atoms. The Morgan fingerprint density at radius 3 is 1.21 bits per heavy atom. The van der Waals surface area contributed by atoms with Crippen molar-refractivity contribution >= 4 is 0 Å². The van der Waals surface area contributed by atoms with Gasteiger partial charge in [0.1, 0.15) is 0 Å². The summed E-state index contributed by atoms with van der Waals surface area (Å²) in [5.41, 5.74) is 2.73. The normalized spacial score (nSPS) is 14.8. The summed E-state index contributed by atoms with van der Waals surface area (Å²) in [6, 6.07) is 0. The predicted molar refractivity (Wildman–Crippen MR) is 75.7 cm³/mol. The van der Waals surface area contributed by atoms with E-state index in [1.807, 2.05) is 0 Å². The van der Waals surface area contributed by atoms with Crippen molar-refractivity contribution in [3.05, 3.63) is 47.6 Å². The van der Waals surface area contributed by atoms with E-state index in [-0.39, 0.29) is 35.3 Å². The van der Waals surface area contributed by atoms with Crippen molar-refractivity contribution in [3.63, 3.8) is 0 Å². The second-order valence-corrected chi connectivity index (χ2v) is 4.79. The quantitative estimate of drug-likeness (QED) is 0.427. The molecule has 2 aliphatic carbocycles. The van der Waals surface area contributed by atoms with Crippen LogP contribution in [0.3, 0.4) is 0 Å². The van der Waals surface area contributed by atoms with Gasteiger partial charge in [0, 0.05) is 25.8 Å². The Bertz CT molecular complexity index is 303. The van der Waals surface area contributed by atoms with Crippen molar-refractivity contribution in [1.82, 2.24) is 0 Å². The van der Waals surface area contributed by atoms with Crippen LogP contribution in [0.1, 0.15) is 40.5 Å². The first-order valence-electron chi connectivity index (χ1n) is 6.15. The Kier molecular flexibility index (Phi) is 15.9. The van der Waals surface area contributed by atoms with Crippen molar-refractivity contribution in [2.24, 2.45) is 11.8 Å². The zero-order valence-corrected chi connectivity index (χ0v) is 15.8. The molecule has 3 heteroatoms. The minimum absolute atomic E-state index is 0. The zero-order valence-electron chi connectivity index (χ0n) is 12.2. The van der Waals surface area contributed by atoms with E-state index in [0.29, 0.717) is 11.8 Å². The monoisotopic (exact) mass is 434 g/mol. The topological polar surface area (TPSA) is 0 Å². The van der Waals surface area contributed by atoms with Gasteiger partial charge in [-0.15, -0.1) is 12.8 Å². The maximum absolute atomic E-state index is 3.26. The first-order chi connectivity index (χ1) is 7.61. The smallest absolute Gasteiger partial charge is 0 e. The summed E-state index contributed by atoms with van der Waals surface area (Å²) in [5, 5.41) is 0. The van der Waals surface area contributed by atoms with Gasteiger partial charge in [0.2, 0.25) is 0 Å². The second-order valence-electron chi connectivity index (χ2n) is 4.79. The van der Waals surface area contributed by atoms with Gasteiger partial charge in [0.25, 0.3) is 0 Å². The molecule has 108 valence electrons. The number of halogens is 2. The minimum atomic E-state index is 0. The third-order valence-electron chi connectivity index (χ3n) is 2.69. The molecule has 0 spiro atoms. The van der Waals surface area contributed by atoms with Crippen LogP contribution in [-0.4, -0.2) is 0 Å². The summed E-state index contributed by atoms with van der Waals surface area (Å²) < 4.78 is 0. The van der Waals surface area contributed by atoms with Gasteiger partial charge in [-0.3, -0.25) is 21.6 Å². The molecule has 0 N–H and O–H groups in total. The van der Waals surface area contributed by atoms with E-state index in [0.717, 1.165) is 12.8 Å². The summed E-state index contributed by atoms with van der Waals surface area (Å²) >= 11 is 0. The molecule has 0 bridgehead atoms. The SMILES string of the molecule is CC(C)C1=[C-]CC=C1.CC(C)C1=[C-]CC=C1.F.F.[Hf]. The zero-order chi connectivity index (χ0) is 12.0. The molecule has 2 aliphatic rings. The minimum Gasteiger partial charge on any atom is -0.269 e. The van der Waals surface area contributed by atoms with Crippen molar-refractivity contribution in [2.45, 2.75) is 40.5 Å². The molecule has 0 aromatic carbocycles. The van der Waals surface area contributed by atoms with Gasteiger partial charge in [-0.1, -0.05) is 39.5 Å². The summed E-state index contributed by atoms with van der Waals surface area (Å²) in [6.45, 7) is 8.77. The van der Waals surface area contributed by atoms with E-state index in [9.17, 15) is 0 Å². The molecular weight excluding hydrogens is 409 g/mol. The third kappa shape index (κ3) is 9.26. The van der Waals surface area contributed by atoms with Gasteiger partial charge in [-0.25, -0.2) is 23.3 Å². The van der Waals surface area contributed by atoms with Crippen LogP contribution >= 0.6 is 0 Å². The Labute approximate surface area is 135 Å². The molecule has 0 amide bonds. The average molecular weight is 433 g/mol. The maximum atomic E-state index is 3.26. The molecule has 0 atom stereocenters. The fraction of sp³-hybridized carbons (Fsp3) is 0.500. The molecular formula is C16H24F2Hf-2. The van der Waals surface area contributed by atoms with E-state index < -0.39 is 0 Å². The second kappa shape index (κ2) is 12.7. The van der Waals surface area contributed by atoms with Gasteiger partial charge >= 0.3 is 0 Å². The molecule has 0 aromatic rings. The van der Waals surface area contributed by atoms with E-state index in [1.165, 1.54) is 11.1 Å². The Morgan fingerprint density at radius 2 is 1.11 bits per heavy atom. The van der Waals surface area contributed by atoms with Gasteiger partial charge in [0.05, 0.1) is 0 Å². The predicted octanol–water partition coefficient (Wildman–Crippen LogP) is 4.97. The molecule has 0 aromatic heterocycles. The Hall–Kier alpha value is -0.310. The molecule has 0 saturated carbocycles. The Morgan fingerprint density at radius 1 is 0.789 bits per heavy atom. The van der Waals surface area contributed by atoms with Crippen LogP contribution in [0, 0.1) is 24.0 Å². The van der Waals surface area contributed by atoms with Gasteiger partial charge in [0.15, 0.2) is 0 Å². The van der Waals surface area contributed by atoms with E-state index in [2.05, 4.69) is 64.2 Å². The summed E-state index contributed by atoms with van der Waals surface area (Å²) in [7, 11) is 0. The molecule has 2 rings (SSSR count). The number of rotatable bonds is 2. The molecule has 0 aliphatic heterocycles. The number of hydrogen-bond donors (Lipinski definition) is 0. The van der Waals surface area contributed by atoms with Crippen LogP contribution in [0.15, 0.2) is 35.5 Å². The van der Waals surface area contributed by atoms with Gasteiger partial charge < -0.3 is 0 Å². The molecule has 0 radical (unpaired) electrons. The maximum Gasteiger partial charge on any atom is 0 e.